The summed E-state index contributed by atoms with van der Waals surface area (Å²) in [5, 5.41) is 2.90. The third kappa shape index (κ3) is 1.84. The molecule has 7 heteroatoms. The molecule has 2 aliphatic heterocycles. The largest absolute Gasteiger partial charge is 0.465 e. The zero-order valence-corrected chi connectivity index (χ0v) is 14.1. The first-order chi connectivity index (χ1) is 11.6. The molecular formula is C17H20N2O5. The molecule has 0 fully saturated rings. The maximum Gasteiger partial charge on any atom is 0.417 e. The maximum atomic E-state index is 12.5. The third-order valence-electron chi connectivity index (χ3n) is 4.75. The number of esters is 1. The molecule has 1 aromatic carbocycles. The standard InChI is InChI=1S/C17H20N2O5/c1-5-17-10-8-6-7-9-11(10)19(16(21)23-4)15(17)24-13(18-2)12(17)14(20)22-3/h6-9,15,18H,5H2,1-4H3. The highest BCUT2D eigenvalue weighted by molar-refractivity contribution is 5.99. The fraction of sp³-hybridized carbons (Fsp3) is 0.412. The van der Waals surface area contributed by atoms with Crippen molar-refractivity contribution in [3.63, 3.8) is 0 Å². The second kappa shape index (κ2) is 5.74. The Labute approximate surface area is 140 Å². The number of hydrogen-bond acceptors (Lipinski definition) is 6. The van der Waals surface area contributed by atoms with Gasteiger partial charge in [0.05, 0.1) is 25.3 Å². The number of anilines is 1. The lowest BCUT2D eigenvalue weighted by Gasteiger charge is -2.30. The van der Waals surface area contributed by atoms with Gasteiger partial charge in [0.25, 0.3) is 0 Å². The minimum Gasteiger partial charge on any atom is -0.465 e. The van der Waals surface area contributed by atoms with Gasteiger partial charge in [0, 0.05) is 7.05 Å². The van der Waals surface area contributed by atoms with E-state index in [1.54, 1.807) is 7.05 Å². The van der Waals surface area contributed by atoms with Crippen molar-refractivity contribution < 1.29 is 23.8 Å². The van der Waals surface area contributed by atoms with Crippen LogP contribution in [0.15, 0.2) is 35.7 Å². The highest BCUT2D eigenvalue weighted by Gasteiger charge is 2.63. The maximum absolute atomic E-state index is 12.5. The first-order valence-electron chi connectivity index (χ1n) is 7.70. The van der Waals surface area contributed by atoms with E-state index in [0.717, 1.165) is 5.56 Å². The molecule has 3 rings (SSSR count). The summed E-state index contributed by atoms with van der Waals surface area (Å²) in [5.74, 6) is -0.165. The van der Waals surface area contributed by atoms with Gasteiger partial charge in [-0.15, -0.1) is 0 Å². The summed E-state index contributed by atoms with van der Waals surface area (Å²) < 4.78 is 15.9. The summed E-state index contributed by atoms with van der Waals surface area (Å²) in [5.41, 5.74) is 1.09. The molecule has 1 N–H and O–H groups in total. The first kappa shape index (κ1) is 16.2. The summed E-state index contributed by atoms with van der Waals surface area (Å²) >= 11 is 0. The fourth-order valence-electron chi connectivity index (χ4n) is 3.72. The summed E-state index contributed by atoms with van der Waals surface area (Å²) in [6.07, 6.45) is -0.689. The normalized spacial score (nSPS) is 24.2. The highest BCUT2D eigenvalue weighted by atomic mass is 16.6. The number of fused-ring (bicyclic) bond motifs is 3. The van der Waals surface area contributed by atoms with Crippen molar-refractivity contribution in [1.82, 2.24) is 5.32 Å². The lowest BCUT2D eigenvalue weighted by molar-refractivity contribution is -0.137. The van der Waals surface area contributed by atoms with E-state index >= 15 is 0 Å². The quantitative estimate of drug-likeness (QED) is 0.852. The fourth-order valence-corrected chi connectivity index (χ4v) is 3.72. The molecule has 0 spiro atoms. The van der Waals surface area contributed by atoms with Gasteiger partial charge in [-0.2, -0.15) is 0 Å². The number of rotatable bonds is 3. The molecule has 2 unspecified atom stereocenters. The van der Waals surface area contributed by atoms with Crippen molar-refractivity contribution in [2.75, 3.05) is 26.2 Å². The average Bonchev–Trinajstić information content (AvgIpc) is 3.09. The minimum atomic E-state index is -0.809. The Morgan fingerprint density at radius 1 is 1.29 bits per heavy atom. The lowest BCUT2D eigenvalue weighted by Crippen LogP contribution is -2.47. The van der Waals surface area contributed by atoms with Crippen LogP contribution < -0.4 is 10.2 Å². The van der Waals surface area contributed by atoms with E-state index in [9.17, 15) is 9.59 Å². The number of nitrogens with zero attached hydrogens (tertiary/aromatic N) is 1. The van der Waals surface area contributed by atoms with Crippen LogP contribution in [0.5, 0.6) is 0 Å². The van der Waals surface area contributed by atoms with E-state index in [1.807, 2.05) is 31.2 Å². The average molecular weight is 332 g/mol. The molecule has 24 heavy (non-hydrogen) atoms. The Morgan fingerprint density at radius 3 is 2.58 bits per heavy atom. The SMILES string of the molecule is CCC12C(C(=O)OC)=C(NC)OC1N(C(=O)OC)c1ccccc12. The van der Waals surface area contributed by atoms with Gasteiger partial charge in [-0.05, 0) is 18.1 Å². The predicted molar refractivity (Wildman–Crippen MR) is 86.3 cm³/mol. The number of carbonyl (C=O) groups is 2. The van der Waals surface area contributed by atoms with Crippen LogP contribution in [0.2, 0.25) is 0 Å². The van der Waals surface area contributed by atoms with Crippen molar-refractivity contribution in [1.29, 1.82) is 0 Å². The molecule has 0 radical (unpaired) electrons. The van der Waals surface area contributed by atoms with Gasteiger partial charge in [0.1, 0.15) is 5.57 Å². The smallest absolute Gasteiger partial charge is 0.417 e. The number of methoxy groups -OCH3 is 2. The van der Waals surface area contributed by atoms with Gasteiger partial charge in [-0.3, -0.25) is 0 Å². The Hall–Kier alpha value is -2.70. The van der Waals surface area contributed by atoms with E-state index in [2.05, 4.69) is 5.32 Å². The summed E-state index contributed by atoms with van der Waals surface area (Å²) in [6, 6.07) is 7.43. The topological polar surface area (TPSA) is 77.1 Å². The highest BCUT2D eigenvalue weighted by Crippen LogP contribution is 2.56. The van der Waals surface area contributed by atoms with Crippen molar-refractivity contribution in [3.8, 4) is 0 Å². The van der Waals surface area contributed by atoms with Crippen LogP contribution in [0.1, 0.15) is 18.9 Å². The molecule has 0 aliphatic carbocycles. The minimum absolute atomic E-state index is 0.317. The van der Waals surface area contributed by atoms with E-state index in [1.165, 1.54) is 19.1 Å². The molecule has 7 nitrogen and oxygen atoms in total. The Kier molecular flexibility index (Phi) is 3.87. The van der Waals surface area contributed by atoms with Gasteiger partial charge < -0.3 is 19.5 Å². The van der Waals surface area contributed by atoms with Crippen LogP contribution in [0, 0.1) is 0 Å². The van der Waals surface area contributed by atoms with Crippen LogP contribution in [0.4, 0.5) is 10.5 Å². The van der Waals surface area contributed by atoms with E-state index < -0.39 is 23.7 Å². The van der Waals surface area contributed by atoms with Crippen LogP contribution in [-0.4, -0.2) is 39.6 Å². The number of nitrogens with one attached hydrogen (secondary N) is 1. The number of benzene rings is 1. The van der Waals surface area contributed by atoms with Gasteiger partial charge in [0.2, 0.25) is 5.88 Å². The zero-order valence-electron chi connectivity index (χ0n) is 14.1. The number of para-hydroxylation sites is 1. The summed E-state index contributed by atoms with van der Waals surface area (Å²) in [4.78, 5) is 26.3. The Balaban J connectivity index is 2.28. The van der Waals surface area contributed by atoms with E-state index in [-0.39, 0.29) is 0 Å². The first-order valence-corrected chi connectivity index (χ1v) is 7.70. The van der Waals surface area contributed by atoms with Crippen molar-refractivity contribution >= 4 is 17.7 Å². The number of ether oxygens (including phenoxy) is 3. The number of amides is 1. The predicted octanol–water partition coefficient (Wildman–Crippen LogP) is 1.88. The number of carbonyl (C=O) groups excluding carboxylic acids is 2. The second-order valence-electron chi connectivity index (χ2n) is 5.60. The molecule has 128 valence electrons. The Morgan fingerprint density at radius 2 is 2.00 bits per heavy atom. The second-order valence-corrected chi connectivity index (χ2v) is 5.60. The molecule has 0 aromatic heterocycles. The molecule has 2 heterocycles. The molecule has 0 saturated heterocycles. The van der Waals surface area contributed by atoms with Crippen LogP contribution in [-0.2, 0) is 24.4 Å². The van der Waals surface area contributed by atoms with Crippen molar-refractivity contribution in [3.05, 3.63) is 41.3 Å². The number of hydrogen-bond donors (Lipinski definition) is 1. The monoisotopic (exact) mass is 332 g/mol. The van der Waals surface area contributed by atoms with Crippen LogP contribution in [0.3, 0.4) is 0 Å². The zero-order chi connectivity index (χ0) is 17.5. The van der Waals surface area contributed by atoms with Gasteiger partial charge >= 0.3 is 12.1 Å². The summed E-state index contributed by atoms with van der Waals surface area (Å²) in [6.45, 7) is 1.95. The van der Waals surface area contributed by atoms with Crippen molar-refractivity contribution in [2.45, 2.75) is 25.0 Å². The molecule has 2 atom stereocenters. The van der Waals surface area contributed by atoms with Crippen LogP contribution in [0.25, 0.3) is 0 Å². The molecule has 1 amide bonds. The molecule has 0 saturated carbocycles. The van der Waals surface area contributed by atoms with Crippen LogP contribution >= 0.6 is 0 Å². The Bertz CT molecular complexity index is 729. The lowest BCUT2D eigenvalue weighted by atomic mass is 9.73. The van der Waals surface area contributed by atoms with E-state index in [0.29, 0.717) is 23.6 Å². The summed E-state index contributed by atoms with van der Waals surface area (Å²) in [7, 11) is 4.31. The molecule has 0 bridgehead atoms. The van der Waals surface area contributed by atoms with Gasteiger partial charge in [-0.25, -0.2) is 14.5 Å². The molecule has 1 aromatic rings. The molecule has 2 aliphatic rings. The van der Waals surface area contributed by atoms with Gasteiger partial charge in [0.15, 0.2) is 6.23 Å². The van der Waals surface area contributed by atoms with Crippen molar-refractivity contribution in [2.24, 2.45) is 0 Å². The molecular weight excluding hydrogens is 312 g/mol. The van der Waals surface area contributed by atoms with E-state index in [4.69, 9.17) is 14.2 Å². The van der Waals surface area contributed by atoms with Gasteiger partial charge in [-0.1, -0.05) is 25.1 Å². The third-order valence-corrected chi connectivity index (χ3v) is 4.75.